The van der Waals surface area contributed by atoms with Gasteiger partial charge in [0.2, 0.25) is 5.95 Å². The minimum absolute atomic E-state index is 0.488. The molecule has 2 heterocycles. The molecule has 0 fully saturated rings. The zero-order valence-corrected chi connectivity index (χ0v) is 11.4. The van der Waals surface area contributed by atoms with Crippen LogP contribution in [0.2, 0.25) is 0 Å². The average Bonchev–Trinajstić information content (AvgIpc) is 2.88. The van der Waals surface area contributed by atoms with Crippen LogP contribution in [-0.4, -0.2) is 30.6 Å². The Morgan fingerprint density at radius 2 is 1.90 bits per heavy atom. The van der Waals surface area contributed by atoms with E-state index in [0.29, 0.717) is 11.6 Å². The van der Waals surface area contributed by atoms with Crippen LogP contribution < -0.4 is 10.0 Å². The Labute approximate surface area is 117 Å². The number of aromatic amines is 1. The molecule has 20 heavy (non-hydrogen) atoms. The summed E-state index contributed by atoms with van der Waals surface area (Å²) in [5, 5.41) is 10.6. The van der Waals surface area contributed by atoms with Gasteiger partial charge in [-0.1, -0.05) is 0 Å². The van der Waals surface area contributed by atoms with Gasteiger partial charge in [-0.25, -0.2) is 9.19 Å². The first kappa shape index (κ1) is 12.5. The first-order valence-electron chi connectivity index (χ1n) is 5.84. The summed E-state index contributed by atoms with van der Waals surface area (Å²) in [7, 11) is -1.08. The number of aromatic nitrogens is 4. The number of benzene rings is 1. The van der Waals surface area contributed by atoms with Gasteiger partial charge in [-0.05, 0) is 24.3 Å². The standard InChI is InChI=1S/C12H12N6OS/c1-20(19)18-10-4-2-9(3-5-10)15-12-13-6-8-7-14-17-11(8)16-12/h2-7,18H,1H3,(H2,13,14,15,16,17). The van der Waals surface area contributed by atoms with Crippen molar-refractivity contribution in [1.29, 1.82) is 0 Å². The summed E-state index contributed by atoms with van der Waals surface area (Å²) in [6.45, 7) is 0. The largest absolute Gasteiger partial charge is 0.324 e. The Morgan fingerprint density at radius 1 is 1.15 bits per heavy atom. The van der Waals surface area contributed by atoms with Crippen LogP contribution in [0.5, 0.6) is 0 Å². The van der Waals surface area contributed by atoms with Gasteiger partial charge in [-0.3, -0.25) is 5.10 Å². The van der Waals surface area contributed by atoms with Gasteiger partial charge < -0.3 is 10.0 Å². The van der Waals surface area contributed by atoms with Crippen LogP contribution in [-0.2, 0) is 11.0 Å². The van der Waals surface area contributed by atoms with Crippen molar-refractivity contribution in [2.45, 2.75) is 0 Å². The van der Waals surface area contributed by atoms with Crippen LogP contribution in [0.3, 0.4) is 0 Å². The first-order valence-corrected chi connectivity index (χ1v) is 7.40. The Balaban J connectivity index is 1.78. The maximum absolute atomic E-state index is 11.0. The van der Waals surface area contributed by atoms with Crippen LogP contribution in [0.15, 0.2) is 36.7 Å². The van der Waals surface area contributed by atoms with E-state index in [-0.39, 0.29) is 0 Å². The number of hydrogen-bond donors (Lipinski definition) is 3. The Hall–Kier alpha value is -2.48. The number of hydrogen-bond acceptors (Lipinski definition) is 5. The molecule has 1 atom stereocenters. The number of H-pyrrole nitrogens is 1. The quantitative estimate of drug-likeness (QED) is 0.680. The number of nitrogens with one attached hydrogen (secondary N) is 3. The lowest BCUT2D eigenvalue weighted by Crippen LogP contribution is -2.01. The van der Waals surface area contributed by atoms with Crippen molar-refractivity contribution in [3.8, 4) is 0 Å². The molecule has 0 saturated heterocycles. The highest BCUT2D eigenvalue weighted by Crippen LogP contribution is 2.17. The highest BCUT2D eigenvalue weighted by atomic mass is 32.2. The zero-order chi connectivity index (χ0) is 13.9. The van der Waals surface area contributed by atoms with Gasteiger partial charge in [0.15, 0.2) is 5.65 Å². The van der Waals surface area contributed by atoms with Gasteiger partial charge >= 0.3 is 0 Å². The van der Waals surface area contributed by atoms with E-state index in [0.717, 1.165) is 16.8 Å². The second-order valence-electron chi connectivity index (χ2n) is 4.13. The molecule has 0 spiro atoms. The Kier molecular flexibility index (Phi) is 3.30. The predicted octanol–water partition coefficient (Wildman–Crippen LogP) is 1.80. The minimum Gasteiger partial charge on any atom is -0.324 e. The van der Waals surface area contributed by atoms with Crippen LogP contribution in [0.25, 0.3) is 11.0 Å². The fourth-order valence-corrected chi connectivity index (χ4v) is 2.18. The van der Waals surface area contributed by atoms with Gasteiger partial charge in [0.05, 0.1) is 11.6 Å². The second-order valence-corrected chi connectivity index (χ2v) is 5.24. The van der Waals surface area contributed by atoms with Crippen molar-refractivity contribution in [2.24, 2.45) is 0 Å². The van der Waals surface area contributed by atoms with Gasteiger partial charge in [0.1, 0.15) is 11.0 Å². The molecule has 0 aliphatic rings. The van der Waals surface area contributed by atoms with Gasteiger partial charge in [-0.2, -0.15) is 10.1 Å². The molecule has 7 nitrogen and oxygen atoms in total. The lowest BCUT2D eigenvalue weighted by molar-refractivity contribution is 0.690. The van der Waals surface area contributed by atoms with Crippen molar-refractivity contribution in [3.63, 3.8) is 0 Å². The lowest BCUT2D eigenvalue weighted by atomic mass is 10.3. The summed E-state index contributed by atoms with van der Waals surface area (Å²) < 4.78 is 13.9. The van der Waals surface area contributed by atoms with E-state index in [1.807, 2.05) is 24.3 Å². The molecule has 0 aliphatic carbocycles. The number of fused-ring (bicyclic) bond motifs is 1. The van der Waals surface area contributed by atoms with E-state index in [1.165, 1.54) is 0 Å². The van der Waals surface area contributed by atoms with Crippen LogP contribution >= 0.6 is 0 Å². The van der Waals surface area contributed by atoms with E-state index in [4.69, 9.17) is 0 Å². The molecule has 1 unspecified atom stereocenters. The fourth-order valence-electron chi connectivity index (χ4n) is 1.72. The highest BCUT2D eigenvalue weighted by molar-refractivity contribution is 7.85. The Morgan fingerprint density at radius 3 is 2.65 bits per heavy atom. The Bertz CT molecular complexity index is 754. The van der Waals surface area contributed by atoms with Crippen molar-refractivity contribution >= 4 is 39.3 Å². The number of rotatable bonds is 4. The van der Waals surface area contributed by atoms with Crippen LogP contribution in [0.4, 0.5) is 17.3 Å². The molecular formula is C12H12N6OS. The first-order chi connectivity index (χ1) is 9.70. The van der Waals surface area contributed by atoms with E-state index in [9.17, 15) is 4.21 Å². The van der Waals surface area contributed by atoms with Crippen molar-refractivity contribution in [2.75, 3.05) is 16.3 Å². The molecule has 0 aliphatic heterocycles. The van der Waals surface area contributed by atoms with E-state index in [1.54, 1.807) is 18.6 Å². The SMILES string of the molecule is CS(=O)Nc1ccc(Nc2ncc3cn[nH]c3n2)cc1. The predicted molar refractivity (Wildman–Crippen MR) is 79.1 cm³/mol. The topological polar surface area (TPSA) is 95.6 Å². The maximum Gasteiger partial charge on any atom is 0.229 e. The van der Waals surface area contributed by atoms with Crippen molar-refractivity contribution in [1.82, 2.24) is 20.2 Å². The smallest absolute Gasteiger partial charge is 0.229 e. The summed E-state index contributed by atoms with van der Waals surface area (Å²) in [6, 6.07) is 7.38. The molecule has 0 radical (unpaired) electrons. The second kappa shape index (κ2) is 5.25. The van der Waals surface area contributed by atoms with Gasteiger partial charge in [0, 0.05) is 23.8 Å². The van der Waals surface area contributed by atoms with Gasteiger partial charge in [-0.15, -0.1) is 0 Å². The third kappa shape index (κ3) is 2.75. The molecule has 0 amide bonds. The highest BCUT2D eigenvalue weighted by Gasteiger charge is 2.02. The molecule has 8 heteroatoms. The molecule has 3 rings (SSSR count). The average molecular weight is 288 g/mol. The molecule has 102 valence electrons. The van der Waals surface area contributed by atoms with Crippen molar-refractivity contribution < 1.29 is 4.21 Å². The monoisotopic (exact) mass is 288 g/mol. The third-order valence-corrected chi connectivity index (χ3v) is 3.12. The summed E-state index contributed by atoms with van der Waals surface area (Å²) >= 11 is 0. The summed E-state index contributed by atoms with van der Waals surface area (Å²) in [4.78, 5) is 8.50. The number of anilines is 3. The normalized spacial score (nSPS) is 12.2. The molecule has 0 saturated carbocycles. The summed E-state index contributed by atoms with van der Waals surface area (Å²) in [5.74, 6) is 0.488. The van der Waals surface area contributed by atoms with Crippen molar-refractivity contribution in [3.05, 3.63) is 36.7 Å². The molecule has 1 aromatic carbocycles. The fraction of sp³-hybridized carbons (Fsp3) is 0.0833. The maximum atomic E-state index is 11.0. The van der Waals surface area contributed by atoms with Gasteiger partial charge in [0.25, 0.3) is 0 Å². The summed E-state index contributed by atoms with van der Waals surface area (Å²) in [5.41, 5.74) is 2.32. The minimum atomic E-state index is -1.08. The van der Waals surface area contributed by atoms with E-state index < -0.39 is 11.0 Å². The molecule has 2 aromatic heterocycles. The van der Waals surface area contributed by atoms with Crippen LogP contribution in [0, 0.1) is 0 Å². The molecular weight excluding hydrogens is 276 g/mol. The molecule has 0 bridgehead atoms. The lowest BCUT2D eigenvalue weighted by Gasteiger charge is -2.06. The summed E-state index contributed by atoms with van der Waals surface area (Å²) in [6.07, 6.45) is 4.95. The molecule has 3 N–H and O–H groups in total. The number of nitrogens with zero attached hydrogens (tertiary/aromatic N) is 3. The van der Waals surface area contributed by atoms with E-state index >= 15 is 0 Å². The van der Waals surface area contributed by atoms with Crippen LogP contribution in [0.1, 0.15) is 0 Å². The van der Waals surface area contributed by atoms with E-state index in [2.05, 4.69) is 30.2 Å². The molecule has 3 aromatic rings. The zero-order valence-electron chi connectivity index (χ0n) is 10.6. The third-order valence-electron chi connectivity index (χ3n) is 2.59.